The summed E-state index contributed by atoms with van der Waals surface area (Å²) in [5.41, 5.74) is 0.599. The molecule has 0 atom stereocenters. The third-order valence-corrected chi connectivity index (χ3v) is 8.76. The van der Waals surface area contributed by atoms with Gasteiger partial charge in [-0.1, -0.05) is 6.07 Å². The van der Waals surface area contributed by atoms with Crippen LogP contribution in [0.3, 0.4) is 0 Å². The van der Waals surface area contributed by atoms with Crippen molar-refractivity contribution in [1.29, 1.82) is 0 Å². The van der Waals surface area contributed by atoms with Crippen molar-refractivity contribution in [1.82, 2.24) is 9.29 Å². The van der Waals surface area contributed by atoms with Crippen LogP contribution < -0.4 is 4.72 Å². The van der Waals surface area contributed by atoms with Crippen molar-refractivity contribution in [3.63, 3.8) is 0 Å². The van der Waals surface area contributed by atoms with E-state index in [1.165, 1.54) is 28.6 Å². The number of aromatic nitrogens is 1. The Morgan fingerprint density at radius 1 is 1.15 bits per heavy atom. The lowest BCUT2D eigenvalue weighted by atomic mass is 10.3. The predicted molar refractivity (Wildman–Crippen MR) is 98.4 cm³/mol. The maximum atomic E-state index is 12.7. The van der Waals surface area contributed by atoms with Crippen LogP contribution in [-0.4, -0.2) is 52.4 Å². The van der Waals surface area contributed by atoms with Gasteiger partial charge in [0.25, 0.3) is 10.0 Å². The smallest absolute Gasteiger partial charge is 0.273 e. The van der Waals surface area contributed by atoms with Crippen molar-refractivity contribution < 1.29 is 21.6 Å². The average Bonchev–Trinajstić information content (AvgIpc) is 2.95. The van der Waals surface area contributed by atoms with Gasteiger partial charge in [-0.05, 0) is 32.0 Å². The standard InChI is InChI=1S/C15H19N3O5S3/c1-11-15(24-12(2)16-11)25(19,20)17-13-4-3-5-14(10-13)26(21,22)18-6-8-23-9-7-18/h3-5,10,17H,6-9H2,1-2H3. The lowest BCUT2D eigenvalue weighted by Gasteiger charge is -2.26. The Labute approximate surface area is 156 Å². The van der Waals surface area contributed by atoms with E-state index >= 15 is 0 Å². The molecule has 1 N–H and O–H groups in total. The molecule has 1 fully saturated rings. The molecule has 0 unspecified atom stereocenters. The van der Waals surface area contributed by atoms with E-state index in [0.717, 1.165) is 11.3 Å². The molecule has 0 saturated carbocycles. The minimum atomic E-state index is -3.83. The van der Waals surface area contributed by atoms with Crippen molar-refractivity contribution in [3.05, 3.63) is 35.0 Å². The lowest BCUT2D eigenvalue weighted by Crippen LogP contribution is -2.40. The van der Waals surface area contributed by atoms with Crippen molar-refractivity contribution in [3.8, 4) is 0 Å². The largest absolute Gasteiger partial charge is 0.379 e. The predicted octanol–water partition coefficient (Wildman–Crippen LogP) is 1.58. The number of nitrogens with one attached hydrogen (secondary N) is 1. The fourth-order valence-corrected chi connectivity index (χ4v) is 6.61. The van der Waals surface area contributed by atoms with Crippen molar-refractivity contribution >= 4 is 37.1 Å². The molecular formula is C15H19N3O5S3. The van der Waals surface area contributed by atoms with Gasteiger partial charge in [-0.15, -0.1) is 11.3 Å². The van der Waals surface area contributed by atoms with Gasteiger partial charge in [-0.25, -0.2) is 21.8 Å². The molecule has 142 valence electrons. The normalized spacial score (nSPS) is 16.5. The van der Waals surface area contributed by atoms with E-state index in [-0.39, 0.29) is 27.9 Å². The van der Waals surface area contributed by atoms with Crippen LogP contribution in [0, 0.1) is 13.8 Å². The quantitative estimate of drug-likeness (QED) is 0.792. The number of sulfonamides is 2. The zero-order valence-electron chi connectivity index (χ0n) is 14.3. The Morgan fingerprint density at radius 2 is 1.85 bits per heavy atom. The Hall–Kier alpha value is -1.53. The molecule has 1 aromatic carbocycles. The van der Waals surface area contributed by atoms with Crippen LogP contribution in [0.5, 0.6) is 0 Å². The summed E-state index contributed by atoms with van der Waals surface area (Å²) in [6, 6.07) is 5.80. The van der Waals surface area contributed by atoms with Crippen LogP contribution in [-0.2, 0) is 24.8 Å². The SMILES string of the molecule is Cc1nc(C)c(S(=O)(=O)Nc2cccc(S(=O)(=O)N3CCOCC3)c2)s1. The van der Waals surface area contributed by atoms with Gasteiger partial charge in [0.2, 0.25) is 10.0 Å². The molecule has 0 amide bonds. The fourth-order valence-electron chi connectivity index (χ4n) is 2.62. The first-order valence-electron chi connectivity index (χ1n) is 7.85. The van der Waals surface area contributed by atoms with Crippen LogP contribution in [0.25, 0.3) is 0 Å². The van der Waals surface area contributed by atoms with Crippen LogP contribution in [0.1, 0.15) is 10.7 Å². The van der Waals surface area contributed by atoms with E-state index in [0.29, 0.717) is 23.9 Å². The molecule has 8 nitrogen and oxygen atoms in total. The van der Waals surface area contributed by atoms with Crippen LogP contribution in [0.15, 0.2) is 33.4 Å². The maximum absolute atomic E-state index is 12.7. The number of morpholine rings is 1. The maximum Gasteiger partial charge on any atom is 0.273 e. The zero-order chi connectivity index (χ0) is 18.9. The highest BCUT2D eigenvalue weighted by Gasteiger charge is 2.27. The first-order chi connectivity index (χ1) is 12.2. The summed E-state index contributed by atoms with van der Waals surface area (Å²) >= 11 is 1.07. The second-order valence-electron chi connectivity index (χ2n) is 5.76. The van der Waals surface area contributed by atoms with Crippen molar-refractivity contribution in [2.75, 3.05) is 31.0 Å². The topological polar surface area (TPSA) is 106 Å². The molecule has 1 aliphatic heterocycles. The number of rotatable bonds is 5. The number of ether oxygens (including phenoxy) is 1. The zero-order valence-corrected chi connectivity index (χ0v) is 16.7. The molecule has 3 rings (SSSR count). The molecule has 26 heavy (non-hydrogen) atoms. The molecule has 1 aliphatic rings. The van der Waals surface area contributed by atoms with Crippen LogP contribution in [0.2, 0.25) is 0 Å². The van der Waals surface area contributed by atoms with Crippen molar-refractivity contribution in [2.45, 2.75) is 23.0 Å². The van der Waals surface area contributed by atoms with Gasteiger partial charge in [0.15, 0.2) is 4.21 Å². The second kappa shape index (κ2) is 7.24. The molecule has 1 aromatic heterocycles. The summed E-state index contributed by atoms with van der Waals surface area (Å²) < 4.78 is 59.7. The van der Waals surface area contributed by atoms with Gasteiger partial charge >= 0.3 is 0 Å². The lowest BCUT2D eigenvalue weighted by molar-refractivity contribution is 0.0730. The van der Waals surface area contributed by atoms with E-state index in [2.05, 4.69) is 9.71 Å². The van der Waals surface area contributed by atoms with Gasteiger partial charge in [0.1, 0.15) is 0 Å². The summed E-state index contributed by atoms with van der Waals surface area (Å²) in [4.78, 5) is 4.16. The van der Waals surface area contributed by atoms with Gasteiger partial charge in [0.05, 0.1) is 34.5 Å². The van der Waals surface area contributed by atoms with Gasteiger partial charge in [-0.2, -0.15) is 4.31 Å². The van der Waals surface area contributed by atoms with E-state index < -0.39 is 20.0 Å². The molecule has 0 aliphatic carbocycles. The fraction of sp³-hybridized carbons (Fsp3) is 0.400. The summed E-state index contributed by atoms with van der Waals surface area (Å²) in [5, 5.41) is 0.645. The minimum Gasteiger partial charge on any atom is -0.379 e. The van der Waals surface area contributed by atoms with E-state index in [9.17, 15) is 16.8 Å². The number of benzene rings is 1. The third-order valence-electron chi connectivity index (χ3n) is 3.80. The van der Waals surface area contributed by atoms with Gasteiger partial charge in [-0.3, -0.25) is 4.72 Å². The monoisotopic (exact) mass is 417 g/mol. The molecule has 0 spiro atoms. The Kier molecular flexibility index (Phi) is 5.35. The summed E-state index contributed by atoms with van der Waals surface area (Å²) in [5.74, 6) is 0. The summed E-state index contributed by atoms with van der Waals surface area (Å²) in [7, 11) is -7.53. The number of hydrogen-bond donors (Lipinski definition) is 1. The minimum absolute atomic E-state index is 0.0387. The Balaban J connectivity index is 1.89. The highest BCUT2D eigenvalue weighted by molar-refractivity contribution is 7.94. The summed E-state index contributed by atoms with van der Waals surface area (Å²) in [6.45, 7) is 4.59. The Morgan fingerprint density at radius 3 is 2.46 bits per heavy atom. The van der Waals surface area contributed by atoms with Crippen LogP contribution >= 0.6 is 11.3 Å². The first kappa shape index (κ1) is 19.2. The molecule has 11 heteroatoms. The molecular weight excluding hydrogens is 398 g/mol. The summed E-state index contributed by atoms with van der Waals surface area (Å²) in [6.07, 6.45) is 0. The molecule has 0 radical (unpaired) electrons. The number of hydrogen-bond acceptors (Lipinski definition) is 7. The van der Waals surface area contributed by atoms with E-state index in [1.54, 1.807) is 13.8 Å². The third kappa shape index (κ3) is 3.91. The number of thiazole rings is 1. The number of anilines is 1. The molecule has 1 saturated heterocycles. The van der Waals surface area contributed by atoms with Crippen LogP contribution in [0.4, 0.5) is 5.69 Å². The highest BCUT2D eigenvalue weighted by atomic mass is 32.2. The average molecular weight is 418 g/mol. The first-order valence-corrected chi connectivity index (χ1v) is 11.6. The second-order valence-corrected chi connectivity index (χ2v) is 10.8. The van der Waals surface area contributed by atoms with Gasteiger partial charge < -0.3 is 4.74 Å². The molecule has 2 aromatic rings. The Bertz CT molecular complexity index is 1010. The number of nitrogens with zero attached hydrogens (tertiary/aromatic N) is 2. The van der Waals surface area contributed by atoms with Gasteiger partial charge in [0, 0.05) is 13.1 Å². The van der Waals surface area contributed by atoms with E-state index in [4.69, 9.17) is 4.74 Å². The highest BCUT2D eigenvalue weighted by Crippen LogP contribution is 2.27. The molecule has 2 heterocycles. The van der Waals surface area contributed by atoms with E-state index in [1.807, 2.05) is 0 Å². The van der Waals surface area contributed by atoms with Crippen molar-refractivity contribution in [2.24, 2.45) is 0 Å². The molecule has 0 bridgehead atoms. The number of aryl methyl sites for hydroxylation is 2.